The van der Waals surface area contributed by atoms with Crippen molar-refractivity contribution < 1.29 is 4.79 Å². The zero-order chi connectivity index (χ0) is 14.8. The quantitative estimate of drug-likeness (QED) is 0.772. The van der Waals surface area contributed by atoms with Crippen LogP contribution in [-0.4, -0.2) is 27.7 Å². The van der Waals surface area contributed by atoms with Crippen molar-refractivity contribution in [1.29, 1.82) is 0 Å². The molecule has 6 heteroatoms. The summed E-state index contributed by atoms with van der Waals surface area (Å²) in [5.74, 6) is 1.05. The fourth-order valence-electron chi connectivity index (χ4n) is 2.24. The van der Waals surface area contributed by atoms with Crippen LogP contribution in [0.5, 0.6) is 0 Å². The van der Waals surface area contributed by atoms with Crippen LogP contribution in [0.1, 0.15) is 10.4 Å². The van der Waals surface area contributed by atoms with Gasteiger partial charge in [-0.1, -0.05) is 24.3 Å². The Bertz CT molecular complexity index is 809. The van der Waals surface area contributed by atoms with Crippen LogP contribution in [0.2, 0.25) is 0 Å². The molecule has 21 heavy (non-hydrogen) atoms. The second kappa shape index (κ2) is 5.24. The van der Waals surface area contributed by atoms with Crippen molar-refractivity contribution in [3.05, 3.63) is 48.3 Å². The first-order valence-corrected chi connectivity index (χ1v) is 6.55. The lowest BCUT2D eigenvalue weighted by Crippen LogP contribution is -2.14. The van der Waals surface area contributed by atoms with Crippen LogP contribution in [0.3, 0.4) is 0 Å². The van der Waals surface area contributed by atoms with E-state index in [0.717, 1.165) is 16.6 Å². The van der Waals surface area contributed by atoms with Gasteiger partial charge < -0.3 is 10.6 Å². The van der Waals surface area contributed by atoms with Gasteiger partial charge in [0, 0.05) is 37.9 Å². The average molecular weight is 281 g/mol. The largest absolute Gasteiger partial charge is 0.373 e. The molecule has 0 fully saturated rings. The van der Waals surface area contributed by atoms with E-state index in [2.05, 4.69) is 20.7 Å². The van der Waals surface area contributed by atoms with Gasteiger partial charge in [0.25, 0.3) is 5.91 Å². The van der Waals surface area contributed by atoms with Gasteiger partial charge in [0.2, 0.25) is 0 Å². The molecule has 3 rings (SSSR count). The fourth-order valence-corrected chi connectivity index (χ4v) is 2.24. The second-order valence-electron chi connectivity index (χ2n) is 4.64. The van der Waals surface area contributed by atoms with Crippen molar-refractivity contribution in [2.24, 2.45) is 7.05 Å². The summed E-state index contributed by atoms with van der Waals surface area (Å²) in [6, 6.07) is 9.41. The molecule has 1 amide bonds. The number of aromatic nitrogens is 3. The maximum atomic E-state index is 12.4. The SMILES string of the molecule is CNc1ncc(C(=O)Nc2ccn(C)n2)c2ccccc12. The van der Waals surface area contributed by atoms with E-state index in [9.17, 15) is 4.79 Å². The molecule has 0 aliphatic heterocycles. The average Bonchev–Trinajstić information content (AvgIpc) is 2.91. The minimum absolute atomic E-state index is 0.222. The first-order chi connectivity index (χ1) is 10.2. The van der Waals surface area contributed by atoms with Crippen LogP contribution in [0.25, 0.3) is 10.8 Å². The van der Waals surface area contributed by atoms with E-state index in [0.29, 0.717) is 11.4 Å². The van der Waals surface area contributed by atoms with Crippen molar-refractivity contribution in [2.45, 2.75) is 0 Å². The normalized spacial score (nSPS) is 10.6. The van der Waals surface area contributed by atoms with Crippen LogP contribution < -0.4 is 10.6 Å². The van der Waals surface area contributed by atoms with E-state index in [1.54, 1.807) is 30.2 Å². The minimum Gasteiger partial charge on any atom is -0.373 e. The predicted molar refractivity (Wildman–Crippen MR) is 82.5 cm³/mol. The standard InChI is InChI=1S/C15H15N5O/c1-16-14-11-6-4-3-5-10(11)12(9-17-14)15(21)18-13-7-8-20(2)19-13/h3-9H,1-2H3,(H,16,17)(H,18,19,21). The van der Waals surface area contributed by atoms with E-state index in [-0.39, 0.29) is 5.91 Å². The molecule has 0 atom stereocenters. The number of benzene rings is 1. The van der Waals surface area contributed by atoms with Gasteiger partial charge in [0.1, 0.15) is 5.82 Å². The summed E-state index contributed by atoms with van der Waals surface area (Å²) in [6.07, 6.45) is 3.35. The Hall–Kier alpha value is -2.89. The molecule has 0 saturated heterocycles. The number of hydrogen-bond acceptors (Lipinski definition) is 4. The Balaban J connectivity index is 2.02. The monoisotopic (exact) mass is 281 g/mol. The zero-order valence-electron chi connectivity index (χ0n) is 11.8. The Morgan fingerprint density at radius 2 is 1.95 bits per heavy atom. The first-order valence-electron chi connectivity index (χ1n) is 6.55. The Labute approximate surface area is 121 Å². The summed E-state index contributed by atoms with van der Waals surface area (Å²) < 4.78 is 1.63. The second-order valence-corrected chi connectivity index (χ2v) is 4.64. The van der Waals surface area contributed by atoms with Gasteiger partial charge in [-0.25, -0.2) is 4.98 Å². The molecule has 6 nitrogen and oxygen atoms in total. The Morgan fingerprint density at radius 3 is 2.62 bits per heavy atom. The third-order valence-electron chi connectivity index (χ3n) is 3.23. The molecule has 3 aromatic rings. The van der Waals surface area contributed by atoms with Gasteiger partial charge in [-0.3, -0.25) is 9.48 Å². The molecule has 2 aromatic heterocycles. The molecule has 0 aliphatic rings. The number of aryl methyl sites for hydroxylation is 1. The Kier molecular flexibility index (Phi) is 3.27. The van der Waals surface area contributed by atoms with Gasteiger partial charge in [-0.05, 0) is 5.39 Å². The number of hydrogen-bond donors (Lipinski definition) is 2. The van der Waals surface area contributed by atoms with E-state index in [1.165, 1.54) is 0 Å². The smallest absolute Gasteiger partial charge is 0.259 e. The lowest BCUT2D eigenvalue weighted by molar-refractivity contribution is 0.102. The molecule has 2 heterocycles. The molecule has 2 N–H and O–H groups in total. The van der Waals surface area contributed by atoms with Crippen molar-refractivity contribution in [1.82, 2.24) is 14.8 Å². The zero-order valence-corrected chi connectivity index (χ0v) is 11.8. The molecule has 0 radical (unpaired) electrons. The maximum Gasteiger partial charge on any atom is 0.259 e. The fraction of sp³-hybridized carbons (Fsp3) is 0.133. The van der Waals surface area contributed by atoms with Crippen LogP contribution in [0.4, 0.5) is 11.6 Å². The van der Waals surface area contributed by atoms with Crippen LogP contribution in [0.15, 0.2) is 42.7 Å². The number of nitrogens with zero attached hydrogens (tertiary/aromatic N) is 3. The first kappa shape index (κ1) is 13.1. The molecular weight excluding hydrogens is 266 g/mol. The van der Waals surface area contributed by atoms with Crippen molar-refractivity contribution >= 4 is 28.3 Å². The van der Waals surface area contributed by atoms with Gasteiger partial charge >= 0.3 is 0 Å². The molecule has 1 aromatic carbocycles. The number of nitrogens with one attached hydrogen (secondary N) is 2. The van der Waals surface area contributed by atoms with E-state index in [1.807, 2.05) is 31.3 Å². The number of anilines is 2. The van der Waals surface area contributed by atoms with Gasteiger partial charge in [0.05, 0.1) is 5.56 Å². The number of carbonyl (C=O) groups is 1. The maximum absolute atomic E-state index is 12.4. The minimum atomic E-state index is -0.222. The summed E-state index contributed by atoms with van der Waals surface area (Å²) in [4.78, 5) is 16.7. The molecule has 0 aliphatic carbocycles. The van der Waals surface area contributed by atoms with Gasteiger partial charge in [0.15, 0.2) is 5.82 Å². The number of fused-ring (bicyclic) bond motifs is 1. The van der Waals surface area contributed by atoms with Crippen molar-refractivity contribution in [2.75, 3.05) is 17.7 Å². The van der Waals surface area contributed by atoms with Crippen LogP contribution in [-0.2, 0) is 7.05 Å². The van der Waals surface area contributed by atoms with Crippen LogP contribution >= 0.6 is 0 Å². The van der Waals surface area contributed by atoms with Gasteiger partial charge in [-0.15, -0.1) is 0 Å². The van der Waals surface area contributed by atoms with Crippen molar-refractivity contribution in [3.8, 4) is 0 Å². The molecule has 0 bridgehead atoms. The molecule has 0 spiro atoms. The number of carbonyl (C=O) groups excluding carboxylic acids is 1. The summed E-state index contributed by atoms with van der Waals surface area (Å²) in [7, 11) is 3.61. The topological polar surface area (TPSA) is 71.8 Å². The molecule has 106 valence electrons. The Morgan fingerprint density at radius 1 is 1.19 bits per heavy atom. The van der Waals surface area contributed by atoms with E-state index in [4.69, 9.17) is 0 Å². The number of rotatable bonds is 3. The summed E-state index contributed by atoms with van der Waals surface area (Å²) in [5.41, 5.74) is 0.523. The van der Waals surface area contributed by atoms with Gasteiger partial charge in [-0.2, -0.15) is 5.10 Å². The number of amides is 1. The lowest BCUT2D eigenvalue weighted by Gasteiger charge is -2.09. The number of pyridine rings is 1. The summed E-state index contributed by atoms with van der Waals surface area (Å²) in [6.45, 7) is 0. The van der Waals surface area contributed by atoms with Crippen LogP contribution in [0, 0.1) is 0 Å². The molecular formula is C15H15N5O. The predicted octanol–water partition coefficient (Wildman–Crippen LogP) is 2.26. The van der Waals surface area contributed by atoms with E-state index < -0.39 is 0 Å². The highest BCUT2D eigenvalue weighted by atomic mass is 16.1. The third kappa shape index (κ3) is 2.43. The molecule has 0 unspecified atom stereocenters. The highest BCUT2D eigenvalue weighted by Gasteiger charge is 2.14. The summed E-state index contributed by atoms with van der Waals surface area (Å²) >= 11 is 0. The highest BCUT2D eigenvalue weighted by Crippen LogP contribution is 2.24. The lowest BCUT2D eigenvalue weighted by atomic mass is 10.1. The highest BCUT2D eigenvalue weighted by molar-refractivity contribution is 6.13. The van der Waals surface area contributed by atoms with E-state index >= 15 is 0 Å². The molecule has 0 saturated carbocycles. The van der Waals surface area contributed by atoms with Crippen molar-refractivity contribution in [3.63, 3.8) is 0 Å². The third-order valence-corrected chi connectivity index (χ3v) is 3.23. The summed E-state index contributed by atoms with van der Waals surface area (Å²) in [5, 5.41) is 11.7.